The second-order valence-corrected chi connectivity index (χ2v) is 8.44. The molecule has 2 aromatic carbocycles. The monoisotopic (exact) mass is 420 g/mol. The standard InChI is InChI=1S/C16H15Cl3N2O3S/c1-10(16(22)20-12-5-3-11(17)4-6-12)21(25(2,23)24)13-7-8-14(18)15(19)9-13/h3-10H,1-2H3,(H,20,22)/t10-/m1/s1. The van der Waals surface area contributed by atoms with E-state index < -0.39 is 22.0 Å². The molecular weight excluding hydrogens is 407 g/mol. The third-order valence-electron chi connectivity index (χ3n) is 3.36. The number of anilines is 2. The Morgan fingerprint density at radius 1 is 1.04 bits per heavy atom. The molecule has 0 unspecified atom stereocenters. The van der Waals surface area contributed by atoms with Crippen molar-refractivity contribution < 1.29 is 13.2 Å². The van der Waals surface area contributed by atoms with Crippen LogP contribution in [0.1, 0.15) is 6.92 Å². The summed E-state index contributed by atoms with van der Waals surface area (Å²) < 4.78 is 25.4. The molecule has 0 saturated carbocycles. The Morgan fingerprint density at radius 2 is 1.64 bits per heavy atom. The number of rotatable bonds is 5. The fourth-order valence-corrected chi connectivity index (χ4v) is 3.80. The maximum atomic E-state index is 12.5. The lowest BCUT2D eigenvalue weighted by Gasteiger charge is -2.28. The van der Waals surface area contributed by atoms with Crippen LogP contribution in [0.4, 0.5) is 11.4 Å². The maximum Gasteiger partial charge on any atom is 0.247 e. The summed E-state index contributed by atoms with van der Waals surface area (Å²) in [6, 6.07) is 9.83. The quantitative estimate of drug-likeness (QED) is 0.776. The van der Waals surface area contributed by atoms with Gasteiger partial charge in [0.05, 0.1) is 22.0 Å². The molecule has 5 nitrogen and oxygen atoms in total. The number of carbonyl (C=O) groups excluding carboxylic acids is 1. The van der Waals surface area contributed by atoms with Gasteiger partial charge in [0.25, 0.3) is 0 Å². The van der Waals surface area contributed by atoms with Crippen molar-refractivity contribution in [2.24, 2.45) is 0 Å². The van der Waals surface area contributed by atoms with Crippen molar-refractivity contribution in [3.63, 3.8) is 0 Å². The Kier molecular flexibility index (Phi) is 6.21. The maximum absolute atomic E-state index is 12.5. The summed E-state index contributed by atoms with van der Waals surface area (Å²) in [6.45, 7) is 1.48. The van der Waals surface area contributed by atoms with E-state index in [1.807, 2.05) is 0 Å². The predicted octanol–water partition coefficient (Wildman–Crippen LogP) is 4.44. The summed E-state index contributed by atoms with van der Waals surface area (Å²) in [5, 5.41) is 3.66. The lowest BCUT2D eigenvalue weighted by atomic mass is 10.2. The molecule has 0 bridgehead atoms. The van der Waals surface area contributed by atoms with Gasteiger partial charge < -0.3 is 5.32 Å². The molecule has 9 heteroatoms. The largest absolute Gasteiger partial charge is 0.324 e. The van der Waals surface area contributed by atoms with Crippen LogP contribution in [-0.2, 0) is 14.8 Å². The highest BCUT2D eigenvalue weighted by atomic mass is 35.5. The molecule has 0 radical (unpaired) electrons. The third kappa shape index (κ3) is 5.01. The van der Waals surface area contributed by atoms with Gasteiger partial charge in [-0.25, -0.2) is 8.42 Å². The van der Waals surface area contributed by atoms with E-state index in [2.05, 4.69) is 5.32 Å². The molecule has 0 aliphatic carbocycles. The van der Waals surface area contributed by atoms with E-state index in [-0.39, 0.29) is 15.7 Å². The smallest absolute Gasteiger partial charge is 0.247 e. The first-order valence-electron chi connectivity index (χ1n) is 7.10. The fraction of sp³-hybridized carbons (Fsp3) is 0.188. The summed E-state index contributed by atoms with van der Waals surface area (Å²) in [5.41, 5.74) is 0.750. The number of halogens is 3. The molecular formula is C16H15Cl3N2O3S. The molecule has 2 rings (SSSR count). The Labute approximate surface area is 161 Å². The molecule has 0 saturated heterocycles. The third-order valence-corrected chi connectivity index (χ3v) is 5.59. The summed E-state index contributed by atoms with van der Waals surface area (Å²) >= 11 is 17.6. The van der Waals surface area contributed by atoms with Crippen LogP contribution in [0.2, 0.25) is 15.1 Å². The molecule has 1 atom stereocenters. The second-order valence-electron chi connectivity index (χ2n) is 5.33. The van der Waals surface area contributed by atoms with Gasteiger partial charge in [-0.15, -0.1) is 0 Å². The van der Waals surface area contributed by atoms with Crippen LogP contribution in [-0.4, -0.2) is 26.6 Å². The first kappa shape index (κ1) is 19.8. The van der Waals surface area contributed by atoms with Crippen LogP contribution in [0.3, 0.4) is 0 Å². The Balaban J connectivity index is 2.32. The molecule has 2 aromatic rings. The van der Waals surface area contributed by atoms with Gasteiger partial charge in [0.1, 0.15) is 6.04 Å². The van der Waals surface area contributed by atoms with Gasteiger partial charge in [-0.1, -0.05) is 34.8 Å². The summed E-state index contributed by atoms with van der Waals surface area (Å²) in [6.07, 6.45) is 1.02. The number of benzene rings is 2. The number of hydrogen-bond acceptors (Lipinski definition) is 3. The van der Waals surface area contributed by atoms with Crippen molar-refractivity contribution in [2.45, 2.75) is 13.0 Å². The fourth-order valence-electron chi connectivity index (χ4n) is 2.21. The first-order valence-corrected chi connectivity index (χ1v) is 10.1. The minimum absolute atomic E-state index is 0.193. The molecule has 0 heterocycles. The minimum Gasteiger partial charge on any atom is -0.324 e. The van der Waals surface area contributed by atoms with Crippen molar-refractivity contribution in [1.29, 1.82) is 0 Å². The van der Waals surface area contributed by atoms with E-state index in [0.29, 0.717) is 10.7 Å². The van der Waals surface area contributed by atoms with Gasteiger partial charge in [0.15, 0.2) is 0 Å². The van der Waals surface area contributed by atoms with E-state index in [1.165, 1.54) is 25.1 Å². The van der Waals surface area contributed by atoms with Crippen molar-refractivity contribution in [2.75, 3.05) is 15.9 Å². The lowest BCUT2D eigenvalue weighted by molar-refractivity contribution is -0.116. The van der Waals surface area contributed by atoms with Crippen LogP contribution in [0, 0.1) is 0 Å². The Hall–Kier alpha value is -1.47. The molecule has 0 fully saturated rings. The van der Waals surface area contributed by atoms with Crippen molar-refractivity contribution in [1.82, 2.24) is 0 Å². The summed E-state index contributed by atoms with van der Waals surface area (Å²) in [4.78, 5) is 12.5. The normalized spacial score (nSPS) is 12.5. The summed E-state index contributed by atoms with van der Waals surface area (Å²) in [5.74, 6) is -0.501. The number of sulfonamides is 1. The highest BCUT2D eigenvalue weighted by molar-refractivity contribution is 7.92. The Bertz CT molecular complexity index is 886. The van der Waals surface area contributed by atoms with Crippen LogP contribution in [0.25, 0.3) is 0 Å². The number of amides is 1. The van der Waals surface area contributed by atoms with Gasteiger partial charge in [-0.2, -0.15) is 0 Å². The zero-order valence-electron chi connectivity index (χ0n) is 13.3. The highest BCUT2D eigenvalue weighted by Crippen LogP contribution is 2.30. The Morgan fingerprint density at radius 3 is 2.16 bits per heavy atom. The van der Waals surface area contributed by atoms with Crippen LogP contribution >= 0.6 is 34.8 Å². The zero-order valence-corrected chi connectivity index (χ0v) is 16.4. The number of nitrogens with zero attached hydrogens (tertiary/aromatic N) is 1. The zero-order chi connectivity index (χ0) is 18.8. The molecule has 0 aromatic heterocycles. The topological polar surface area (TPSA) is 66.5 Å². The second kappa shape index (κ2) is 7.83. The summed E-state index contributed by atoms with van der Waals surface area (Å²) in [7, 11) is -3.74. The van der Waals surface area contributed by atoms with E-state index in [1.54, 1.807) is 24.3 Å². The average molecular weight is 422 g/mol. The van der Waals surface area contributed by atoms with Gasteiger partial charge in [-0.05, 0) is 49.4 Å². The van der Waals surface area contributed by atoms with Crippen molar-refractivity contribution in [3.05, 3.63) is 57.5 Å². The number of nitrogens with one attached hydrogen (secondary N) is 1. The molecule has 0 spiro atoms. The van der Waals surface area contributed by atoms with Gasteiger partial charge in [-0.3, -0.25) is 9.10 Å². The molecule has 1 N–H and O–H groups in total. The van der Waals surface area contributed by atoms with Gasteiger partial charge >= 0.3 is 0 Å². The lowest BCUT2D eigenvalue weighted by Crippen LogP contribution is -2.45. The van der Waals surface area contributed by atoms with E-state index in [9.17, 15) is 13.2 Å². The van der Waals surface area contributed by atoms with Crippen LogP contribution in [0.15, 0.2) is 42.5 Å². The highest BCUT2D eigenvalue weighted by Gasteiger charge is 2.29. The van der Waals surface area contributed by atoms with Gasteiger partial charge in [0.2, 0.25) is 15.9 Å². The molecule has 134 valence electrons. The van der Waals surface area contributed by atoms with Crippen molar-refractivity contribution in [3.8, 4) is 0 Å². The van der Waals surface area contributed by atoms with E-state index in [0.717, 1.165) is 10.6 Å². The van der Waals surface area contributed by atoms with E-state index >= 15 is 0 Å². The SMILES string of the molecule is C[C@H](C(=O)Nc1ccc(Cl)cc1)N(c1ccc(Cl)c(Cl)c1)S(C)(=O)=O. The van der Waals surface area contributed by atoms with E-state index in [4.69, 9.17) is 34.8 Å². The first-order chi connectivity index (χ1) is 11.6. The molecule has 25 heavy (non-hydrogen) atoms. The minimum atomic E-state index is -3.74. The average Bonchev–Trinajstić information content (AvgIpc) is 2.51. The molecule has 0 aliphatic rings. The van der Waals surface area contributed by atoms with Gasteiger partial charge in [0, 0.05) is 10.7 Å². The predicted molar refractivity (Wildman–Crippen MR) is 103 cm³/mol. The van der Waals surface area contributed by atoms with Crippen LogP contribution < -0.4 is 9.62 Å². The van der Waals surface area contributed by atoms with Crippen LogP contribution in [0.5, 0.6) is 0 Å². The van der Waals surface area contributed by atoms with Crippen molar-refractivity contribution >= 4 is 62.1 Å². The molecule has 0 aliphatic heterocycles. The number of hydrogen-bond donors (Lipinski definition) is 1. The molecule has 1 amide bonds. The number of carbonyl (C=O) groups is 1.